The van der Waals surface area contributed by atoms with E-state index in [-0.39, 0.29) is 16.6 Å². The van der Waals surface area contributed by atoms with Gasteiger partial charge in [-0.2, -0.15) is 0 Å². The molecule has 2 saturated carbocycles. The van der Waals surface area contributed by atoms with E-state index in [1.165, 1.54) is 24.6 Å². The van der Waals surface area contributed by atoms with Gasteiger partial charge in [-0.25, -0.2) is 13.1 Å². The normalized spacial score (nSPS) is 28.7. The predicted octanol–water partition coefficient (Wildman–Crippen LogP) is 2.06. The SMILES string of the molecule is O=[N+]([O-])c1cccc(S(=O)(=O)NC2CC3CCC2C3)c1. The lowest BCUT2D eigenvalue weighted by molar-refractivity contribution is -0.385. The van der Waals surface area contributed by atoms with Gasteiger partial charge in [0.1, 0.15) is 0 Å². The Morgan fingerprint density at radius 1 is 1.25 bits per heavy atom. The molecule has 7 heteroatoms. The summed E-state index contributed by atoms with van der Waals surface area (Å²) in [5, 5.41) is 10.7. The smallest absolute Gasteiger partial charge is 0.258 e. The van der Waals surface area contributed by atoms with Gasteiger partial charge in [0, 0.05) is 18.2 Å². The predicted molar refractivity (Wildman–Crippen MR) is 72.7 cm³/mol. The molecule has 3 rings (SSSR count). The number of benzene rings is 1. The fourth-order valence-electron chi connectivity index (χ4n) is 3.42. The highest BCUT2D eigenvalue weighted by Gasteiger charge is 2.41. The standard InChI is InChI=1S/C13H16N2O4S/c16-15(17)11-2-1-3-12(8-11)20(18,19)14-13-7-9-4-5-10(13)6-9/h1-3,8-10,13-14H,4-7H2. The Kier molecular flexibility index (Phi) is 3.25. The van der Waals surface area contributed by atoms with E-state index in [4.69, 9.17) is 0 Å². The van der Waals surface area contributed by atoms with Crippen molar-refractivity contribution < 1.29 is 13.3 Å². The monoisotopic (exact) mass is 296 g/mol. The van der Waals surface area contributed by atoms with Crippen LogP contribution in [0.3, 0.4) is 0 Å². The van der Waals surface area contributed by atoms with Crippen LogP contribution < -0.4 is 4.72 Å². The summed E-state index contributed by atoms with van der Waals surface area (Å²) < 4.78 is 27.3. The topological polar surface area (TPSA) is 89.3 Å². The molecule has 0 aromatic heterocycles. The highest BCUT2D eigenvalue weighted by molar-refractivity contribution is 7.89. The van der Waals surface area contributed by atoms with Crippen molar-refractivity contribution in [2.24, 2.45) is 11.8 Å². The van der Waals surface area contributed by atoms with Gasteiger partial charge in [-0.1, -0.05) is 12.5 Å². The number of hydrogen-bond donors (Lipinski definition) is 1. The van der Waals surface area contributed by atoms with Crippen LogP contribution >= 0.6 is 0 Å². The maximum absolute atomic E-state index is 12.3. The number of nitro benzene ring substituents is 1. The van der Waals surface area contributed by atoms with Crippen molar-refractivity contribution in [1.82, 2.24) is 4.72 Å². The number of fused-ring (bicyclic) bond motifs is 2. The molecule has 0 spiro atoms. The van der Waals surface area contributed by atoms with Gasteiger partial charge in [-0.05, 0) is 37.2 Å². The lowest BCUT2D eigenvalue weighted by Gasteiger charge is -2.22. The van der Waals surface area contributed by atoms with Gasteiger partial charge in [0.15, 0.2) is 0 Å². The minimum absolute atomic E-state index is 0.0157. The molecule has 1 aromatic rings. The lowest BCUT2D eigenvalue weighted by Crippen LogP contribution is -2.38. The molecular formula is C13H16N2O4S. The number of non-ortho nitro benzene ring substituents is 1. The Hall–Kier alpha value is -1.47. The van der Waals surface area contributed by atoms with Crippen molar-refractivity contribution in [3.05, 3.63) is 34.4 Å². The fourth-order valence-corrected chi connectivity index (χ4v) is 4.78. The molecule has 108 valence electrons. The number of hydrogen-bond acceptors (Lipinski definition) is 4. The first-order valence-electron chi connectivity index (χ1n) is 6.72. The summed E-state index contributed by atoms with van der Waals surface area (Å²) in [6.45, 7) is 0. The molecular weight excluding hydrogens is 280 g/mol. The van der Waals surface area contributed by atoms with Crippen molar-refractivity contribution in [3.63, 3.8) is 0 Å². The molecule has 0 radical (unpaired) electrons. The molecule has 2 bridgehead atoms. The van der Waals surface area contributed by atoms with E-state index >= 15 is 0 Å². The summed E-state index contributed by atoms with van der Waals surface area (Å²) in [7, 11) is -3.68. The Morgan fingerprint density at radius 2 is 2.05 bits per heavy atom. The van der Waals surface area contributed by atoms with Crippen LogP contribution in [0.1, 0.15) is 25.7 Å². The van der Waals surface area contributed by atoms with Crippen molar-refractivity contribution in [2.75, 3.05) is 0 Å². The molecule has 2 aliphatic rings. The molecule has 3 unspecified atom stereocenters. The van der Waals surface area contributed by atoms with Crippen LogP contribution in [0.15, 0.2) is 29.2 Å². The molecule has 0 aliphatic heterocycles. The van der Waals surface area contributed by atoms with Gasteiger partial charge >= 0.3 is 0 Å². The van der Waals surface area contributed by atoms with E-state index in [1.807, 2.05) is 0 Å². The molecule has 1 aromatic carbocycles. The van der Waals surface area contributed by atoms with Gasteiger partial charge in [0.25, 0.3) is 5.69 Å². The Morgan fingerprint density at radius 3 is 2.65 bits per heavy atom. The third-order valence-electron chi connectivity index (χ3n) is 4.38. The van der Waals surface area contributed by atoms with Gasteiger partial charge in [-0.15, -0.1) is 0 Å². The Labute approximate surface area is 117 Å². The summed E-state index contributed by atoms with van der Waals surface area (Å²) in [5.41, 5.74) is -0.208. The van der Waals surface area contributed by atoms with E-state index in [2.05, 4.69) is 4.72 Å². The van der Waals surface area contributed by atoms with Crippen LogP contribution in [0.5, 0.6) is 0 Å². The largest absolute Gasteiger partial charge is 0.270 e. The average molecular weight is 296 g/mol. The molecule has 20 heavy (non-hydrogen) atoms. The number of nitrogens with zero attached hydrogens (tertiary/aromatic N) is 1. The highest BCUT2D eigenvalue weighted by atomic mass is 32.2. The minimum Gasteiger partial charge on any atom is -0.258 e. The average Bonchev–Trinajstić information content (AvgIpc) is 3.00. The molecule has 1 N–H and O–H groups in total. The van der Waals surface area contributed by atoms with E-state index in [1.54, 1.807) is 0 Å². The Bertz CT molecular complexity index is 644. The quantitative estimate of drug-likeness (QED) is 0.680. The first-order chi connectivity index (χ1) is 9.45. The molecule has 0 heterocycles. The Balaban J connectivity index is 1.81. The molecule has 2 fully saturated rings. The molecule has 3 atom stereocenters. The summed E-state index contributed by atoms with van der Waals surface area (Å²) in [6, 6.07) is 5.17. The van der Waals surface area contributed by atoms with Crippen molar-refractivity contribution in [2.45, 2.75) is 36.6 Å². The number of nitro groups is 1. The lowest BCUT2D eigenvalue weighted by atomic mass is 9.96. The molecule has 6 nitrogen and oxygen atoms in total. The van der Waals surface area contributed by atoms with Gasteiger partial charge in [-0.3, -0.25) is 10.1 Å². The van der Waals surface area contributed by atoms with E-state index in [0.29, 0.717) is 11.8 Å². The van der Waals surface area contributed by atoms with Crippen molar-refractivity contribution >= 4 is 15.7 Å². The van der Waals surface area contributed by atoms with Crippen molar-refractivity contribution in [3.8, 4) is 0 Å². The fraction of sp³-hybridized carbons (Fsp3) is 0.538. The van der Waals surface area contributed by atoms with Crippen LogP contribution in [-0.2, 0) is 10.0 Å². The van der Waals surface area contributed by atoms with E-state index in [9.17, 15) is 18.5 Å². The second-order valence-corrected chi connectivity index (χ2v) is 7.37. The maximum Gasteiger partial charge on any atom is 0.270 e. The molecule has 0 saturated heterocycles. The van der Waals surface area contributed by atoms with E-state index < -0.39 is 14.9 Å². The third-order valence-corrected chi connectivity index (χ3v) is 5.87. The van der Waals surface area contributed by atoms with Crippen LogP contribution in [-0.4, -0.2) is 19.4 Å². The summed E-state index contributed by atoms with van der Waals surface area (Å²) in [4.78, 5) is 10.1. The molecule has 0 amide bonds. The summed E-state index contributed by atoms with van der Waals surface area (Å²) in [5.74, 6) is 1.06. The van der Waals surface area contributed by atoms with Crippen LogP contribution in [0, 0.1) is 22.0 Å². The van der Waals surface area contributed by atoms with Gasteiger partial charge in [0.05, 0.1) is 9.82 Å². The van der Waals surface area contributed by atoms with Gasteiger partial charge in [0.2, 0.25) is 10.0 Å². The number of rotatable bonds is 4. The number of sulfonamides is 1. The highest BCUT2D eigenvalue weighted by Crippen LogP contribution is 2.44. The summed E-state index contributed by atoms with van der Waals surface area (Å²) in [6.07, 6.45) is 4.26. The zero-order valence-corrected chi connectivity index (χ0v) is 11.7. The van der Waals surface area contributed by atoms with Crippen LogP contribution in [0.4, 0.5) is 5.69 Å². The molecule has 2 aliphatic carbocycles. The minimum atomic E-state index is -3.68. The van der Waals surface area contributed by atoms with E-state index in [0.717, 1.165) is 25.3 Å². The zero-order chi connectivity index (χ0) is 14.3. The number of nitrogens with one attached hydrogen (secondary N) is 1. The van der Waals surface area contributed by atoms with Crippen molar-refractivity contribution in [1.29, 1.82) is 0 Å². The third kappa shape index (κ3) is 2.43. The first kappa shape index (κ1) is 13.5. The first-order valence-corrected chi connectivity index (χ1v) is 8.21. The second kappa shape index (κ2) is 4.82. The zero-order valence-electron chi connectivity index (χ0n) is 10.9. The van der Waals surface area contributed by atoms with Crippen LogP contribution in [0.2, 0.25) is 0 Å². The second-order valence-electron chi connectivity index (χ2n) is 5.66. The maximum atomic E-state index is 12.3. The summed E-state index contributed by atoms with van der Waals surface area (Å²) >= 11 is 0. The van der Waals surface area contributed by atoms with Gasteiger partial charge < -0.3 is 0 Å². The van der Waals surface area contributed by atoms with Crippen LogP contribution in [0.25, 0.3) is 0 Å².